The summed E-state index contributed by atoms with van der Waals surface area (Å²) >= 11 is 7.47. The summed E-state index contributed by atoms with van der Waals surface area (Å²) in [6.07, 6.45) is 4.98. The number of carbonyl (C=O) groups is 1. The molecule has 3 aromatic heterocycles. The van der Waals surface area contributed by atoms with Crippen molar-refractivity contribution in [1.82, 2.24) is 15.0 Å². The third-order valence-corrected chi connectivity index (χ3v) is 4.45. The van der Waals surface area contributed by atoms with Crippen LogP contribution in [0.3, 0.4) is 0 Å². The summed E-state index contributed by atoms with van der Waals surface area (Å²) in [6, 6.07) is 12.6. The number of rotatable bonds is 5. The SMILES string of the molecule is O=C(Nc1cccnc1SCc1ccccn1)c1cccnc1Cl. The zero-order chi connectivity index (χ0) is 16.8. The Hall–Kier alpha value is -2.44. The van der Waals surface area contributed by atoms with E-state index in [0.717, 1.165) is 10.7 Å². The highest BCUT2D eigenvalue weighted by atomic mass is 35.5. The first-order valence-electron chi connectivity index (χ1n) is 7.13. The van der Waals surface area contributed by atoms with Gasteiger partial charge < -0.3 is 5.32 Å². The van der Waals surface area contributed by atoms with E-state index in [-0.39, 0.29) is 11.1 Å². The molecular formula is C17H13ClN4OS. The molecule has 0 aliphatic rings. The maximum absolute atomic E-state index is 12.4. The first-order valence-corrected chi connectivity index (χ1v) is 8.50. The predicted octanol–water partition coefficient (Wildman–Crippen LogP) is 4.07. The van der Waals surface area contributed by atoms with Crippen LogP contribution in [0.25, 0.3) is 0 Å². The average Bonchev–Trinajstić information content (AvgIpc) is 2.62. The molecule has 0 saturated carbocycles. The van der Waals surface area contributed by atoms with E-state index in [9.17, 15) is 4.79 Å². The number of hydrogen-bond donors (Lipinski definition) is 1. The third kappa shape index (κ3) is 4.10. The van der Waals surface area contributed by atoms with E-state index in [0.29, 0.717) is 17.0 Å². The number of nitrogens with zero attached hydrogens (tertiary/aromatic N) is 3. The maximum atomic E-state index is 12.4. The molecule has 0 radical (unpaired) electrons. The number of amides is 1. The van der Waals surface area contributed by atoms with Gasteiger partial charge in [0.25, 0.3) is 5.91 Å². The van der Waals surface area contributed by atoms with Crippen molar-refractivity contribution in [3.63, 3.8) is 0 Å². The van der Waals surface area contributed by atoms with Crippen LogP contribution in [0, 0.1) is 0 Å². The first kappa shape index (κ1) is 16.4. The lowest BCUT2D eigenvalue weighted by Gasteiger charge is -2.10. The van der Waals surface area contributed by atoms with Gasteiger partial charge in [0.1, 0.15) is 10.2 Å². The molecule has 0 bridgehead atoms. The molecule has 0 saturated heterocycles. The van der Waals surface area contributed by atoms with Crippen molar-refractivity contribution in [2.75, 3.05) is 5.32 Å². The minimum Gasteiger partial charge on any atom is -0.320 e. The fourth-order valence-corrected chi connectivity index (χ4v) is 3.04. The van der Waals surface area contributed by atoms with E-state index in [4.69, 9.17) is 11.6 Å². The predicted molar refractivity (Wildman–Crippen MR) is 95.2 cm³/mol. The van der Waals surface area contributed by atoms with E-state index >= 15 is 0 Å². The van der Waals surface area contributed by atoms with Crippen molar-refractivity contribution in [3.8, 4) is 0 Å². The Bertz CT molecular complexity index is 845. The molecule has 0 atom stereocenters. The highest BCUT2D eigenvalue weighted by Crippen LogP contribution is 2.27. The Labute approximate surface area is 148 Å². The summed E-state index contributed by atoms with van der Waals surface area (Å²) in [6.45, 7) is 0. The van der Waals surface area contributed by atoms with Crippen LogP contribution < -0.4 is 5.32 Å². The zero-order valence-corrected chi connectivity index (χ0v) is 14.1. The summed E-state index contributed by atoms with van der Waals surface area (Å²) in [4.78, 5) is 24.9. The third-order valence-electron chi connectivity index (χ3n) is 3.11. The number of aromatic nitrogens is 3. The van der Waals surface area contributed by atoms with E-state index < -0.39 is 0 Å². The molecule has 5 nitrogen and oxygen atoms in total. The Morgan fingerprint density at radius 3 is 2.58 bits per heavy atom. The smallest absolute Gasteiger partial charge is 0.258 e. The highest BCUT2D eigenvalue weighted by molar-refractivity contribution is 7.98. The number of hydrogen-bond acceptors (Lipinski definition) is 5. The molecule has 7 heteroatoms. The molecule has 0 aliphatic carbocycles. The summed E-state index contributed by atoms with van der Waals surface area (Å²) in [5.41, 5.74) is 1.90. The van der Waals surface area contributed by atoms with Crippen LogP contribution in [0.1, 0.15) is 16.1 Å². The summed E-state index contributed by atoms with van der Waals surface area (Å²) in [5, 5.41) is 3.72. The standard InChI is InChI=1S/C17H13ClN4OS/c18-15-13(6-3-9-20-15)16(23)22-14-7-4-10-21-17(14)24-11-12-5-1-2-8-19-12/h1-10H,11H2,(H,22,23). The molecule has 0 unspecified atom stereocenters. The van der Waals surface area contributed by atoms with Crippen molar-refractivity contribution in [1.29, 1.82) is 0 Å². The lowest BCUT2D eigenvalue weighted by atomic mass is 10.2. The summed E-state index contributed by atoms with van der Waals surface area (Å²) in [7, 11) is 0. The topological polar surface area (TPSA) is 67.8 Å². The quantitative estimate of drug-likeness (QED) is 0.551. The monoisotopic (exact) mass is 356 g/mol. The number of pyridine rings is 3. The number of anilines is 1. The van der Waals surface area contributed by atoms with Gasteiger partial charge in [0.15, 0.2) is 0 Å². The minimum atomic E-state index is -0.319. The van der Waals surface area contributed by atoms with Gasteiger partial charge in [-0.25, -0.2) is 9.97 Å². The van der Waals surface area contributed by atoms with Crippen LogP contribution in [-0.2, 0) is 5.75 Å². The van der Waals surface area contributed by atoms with Crippen LogP contribution in [0.2, 0.25) is 5.15 Å². The van der Waals surface area contributed by atoms with Gasteiger partial charge in [0.05, 0.1) is 16.9 Å². The van der Waals surface area contributed by atoms with Crippen LogP contribution in [-0.4, -0.2) is 20.9 Å². The molecule has 0 fully saturated rings. The second-order valence-electron chi connectivity index (χ2n) is 4.76. The lowest BCUT2D eigenvalue weighted by Crippen LogP contribution is -2.13. The maximum Gasteiger partial charge on any atom is 0.258 e. The molecule has 24 heavy (non-hydrogen) atoms. The van der Waals surface area contributed by atoms with E-state index in [1.54, 1.807) is 36.7 Å². The fourth-order valence-electron chi connectivity index (χ4n) is 1.97. The van der Waals surface area contributed by atoms with Gasteiger partial charge in [0, 0.05) is 24.3 Å². The van der Waals surface area contributed by atoms with Crippen molar-refractivity contribution in [2.24, 2.45) is 0 Å². The van der Waals surface area contributed by atoms with Crippen LogP contribution in [0.5, 0.6) is 0 Å². The molecule has 3 aromatic rings. The average molecular weight is 357 g/mol. The van der Waals surface area contributed by atoms with Crippen LogP contribution in [0.15, 0.2) is 66.1 Å². The Morgan fingerprint density at radius 1 is 1.00 bits per heavy atom. The van der Waals surface area contributed by atoms with Gasteiger partial charge in [-0.3, -0.25) is 9.78 Å². The molecule has 3 rings (SSSR count). The summed E-state index contributed by atoms with van der Waals surface area (Å²) < 4.78 is 0. The van der Waals surface area contributed by atoms with Gasteiger partial charge in [-0.1, -0.05) is 29.4 Å². The van der Waals surface area contributed by atoms with Gasteiger partial charge in [-0.2, -0.15) is 0 Å². The second-order valence-corrected chi connectivity index (χ2v) is 6.08. The number of thioether (sulfide) groups is 1. The lowest BCUT2D eigenvalue weighted by molar-refractivity contribution is 0.102. The van der Waals surface area contributed by atoms with Gasteiger partial charge in [-0.05, 0) is 36.4 Å². The Balaban J connectivity index is 1.74. The number of nitrogens with one attached hydrogen (secondary N) is 1. The van der Waals surface area contributed by atoms with E-state index in [2.05, 4.69) is 20.3 Å². The summed E-state index contributed by atoms with van der Waals surface area (Å²) in [5.74, 6) is 0.342. The van der Waals surface area contributed by atoms with E-state index in [1.807, 2.05) is 18.2 Å². The van der Waals surface area contributed by atoms with Crippen molar-refractivity contribution in [3.05, 3.63) is 77.5 Å². The van der Waals surface area contributed by atoms with Crippen LogP contribution >= 0.6 is 23.4 Å². The van der Waals surface area contributed by atoms with Crippen molar-refractivity contribution >= 4 is 35.0 Å². The second kappa shape index (κ2) is 7.90. The minimum absolute atomic E-state index is 0.168. The molecule has 1 amide bonds. The zero-order valence-electron chi connectivity index (χ0n) is 12.5. The number of carbonyl (C=O) groups excluding carboxylic acids is 1. The van der Waals surface area contributed by atoms with Gasteiger partial charge in [0.2, 0.25) is 0 Å². The largest absolute Gasteiger partial charge is 0.320 e. The highest BCUT2D eigenvalue weighted by Gasteiger charge is 2.13. The first-order chi connectivity index (χ1) is 11.7. The van der Waals surface area contributed by atoms with Crippen molar-refractivity contribution in [2.45, 2.75) is 10.8 Å². The normalized spacial score (nSPS) is 10.4. The molecule has 1 N–H and O–H groups in total. The molecular weight excluding hydrogens is 344 g/mol. The molecule has 0 aliphatic heterocycles. The van der Waals surface area contributed by atoms with Gasteiger partial charge >= 0.3 is 0 Å². The molecule has 120 valence electrons. The van der Waals surface area contributed by atoms with Crippen molar-refractivity contribution < 1.29 is 4.79 Å². The van der Waals surface area contributed by atoms with Gasteiger partial charge in [-0.15, -0.1) is 0 Å². The molecule has 0 aromatic carbocycles. The van der Waals surface area contributed by atoms with E-state index in [1.165, 1.54) is 18.0 Å². The number of halogens is 1. The molecule has 0 spiro atoms. The Kier molecular flexibility index (Phi) is 5.40. The van der Waals surface area contributed by atoms with Crippen LogP contribution in [0.4, 0.5) is 5.69 Å². The fraction of sp³-hybridized carbons (Fsp3) is 0.0588. The molecule has 3 heterocycles. The Morgan fingerprint density at radius 2 is 1.79 bits per heavy atom.